The second-order valence-corrected chi connectivity index (χ2v) is 6.20. The number of benzene rings is 1. The maximum Gasteiger partial charge on any atom is 0.274 e. The quantitative estimate of drug-likeness (QED) is 0.611. The van der Waals surface area contributed by atoms with E-state index in [1.165, 1.54) is 4.68 Å². The summed E-state index contributed by atoms with van der Waals surface area (Å²) in [6.07, 6.45) is 6.95. The molecule has 0 aliphatic heterocycles. The Morgan fingerprint density at radius 3 is 2.96 bits per heavy atom. The lowest BCUT2D eigenvalue weighted by molar-refractivity contribution is 0.0935. The van der Waals surface area contributed by atoms with Gasteiger partial charge >= 0.3 is 0 Å². The van der Waals surface area contributed by atoms with E-state index in [9.17, 15) is 9.59 Å². The molecule has 0 aliphatic rings. The van der Waals surface area contributed by atoms with E-state index in [1.54, 1.807) is 36.8 Å². The van der Waals surface area contributed by atoms with Crippen molar-refractivity contribution < 1.29 is 4.79 Å². The van der Waals surface area contributed by atoms with E-state index >= 15 is 0 Å². The number of amides is 1. The van der Waals surface area contributed by atoms with E-state index in [2.05, 4.69) is 15.4 Å². The molecule has 0 fully saturated rings. The molecule has 3 aromatic heterocycles. The van der Waals surface area contributed by atoms with Crippen molar-refractivity contribution in [2.24, 2.45) is 0 Å². The summed E-state index contributed by atoms with van der Waals surface area (Å²) < 4.78 is 3.21. The van der Waals surface area contributed by atoms with Crippen molar-refractivity contribution in [3.05, 3.63) is 77.1 Å². The van der Waals surface area contributed by atoms with Gasteiger partial charge in [-0.15, -0.1) is 0 Å². The fraction of sp³-hybridized carbons (Fsp3) is 0.158. The molecule has 1 aromatic carbocycles. The van der Waals surface area contributed by atoms with Crippen molar-refractivity contribution in [2.45, 2.75) is 19.5 Å². The number of hydrogen-bond acceptors (Lipinski definition) is 4. The smallest absolute Gasteiger partial charge is 0.274 e. The molecule has 0 bridgehead atoms. The fourth-order valence-electron chi connectivity index (χ4n) is 2.92. The highest BCUT2D eigenvalue weighted by molar-refractivity contribution is 5.95. The summed E-state index contributed by atoms with van der Waals surface area (Å²) in [6, 6.07) is 10.5. The summed E-state index contributed by atoms with van der Waals surface area (Å²) in [5.41, 5.74) is 1.06. The Kier molecular flexibility index (Phi) is 3.96. The van der Waals surface area contributed by atoms with Gasteiger partial charge in [-0.1, -0.05) is 18.2 Å². The van der Waals surface area contributed by atoms with Gasteiger partial charge in [0.2, 0.25) is 0 Å². The van der Waals surface area contributed by atoms with Gasteiger partial charge in [0.05, 0.1) is 18.1 Å². The minimum absolute atomic E-state index is 0.164. The highest BCUT2D eigenvalue weighted by atomic mass is 16.2. The molecule has 4 aromatic rings. The number of nitrogens with zero attached hydrogens (tertiary/aromatic N) is 4. The number of carbonyl (C=O) groups excluding carboxylic acids is 1. The van der Waals surface area contributed by atoms with E-state index in [0.29, 0.717) is 23.1 Å². The zero-order valence-electron chi connectivity index (χ0n) is 14.2. The second-order valence-electron chi connectivity index (χ2n) is 6.20. The molecule has 1 amide bonds. The number of rotatable bonds is 4. The monoisotopic (exact) mass is 347 g/mol. The molecule has 7 nitrogen and oxygen atoms in total. The van der Waals surface area contributed by atoms with Gasteiger partial charge < -0.3 is 9.72 Å². The molecule has 0 radical (unpaired) electrons. The molecule has 7 heteroatoms. The first-order valence-corrected chi connectivity index (χ1v) is 8.30. The Labute approximate surface area is 148 Å². The Hall–Kier alpha value is -3.48. The molecule has 4 rings (SSSR count). The van der Waals surface area contributed by atoms with Crippen molar-refractivity contribution in [3.63, 3.8) is 0 Å². The molecular formula is C19H17N5O2. The van der Waals surface area contributed by atoms with Crippen molar-refractivity contribution in [2.75, 3.05) is 0 Å². The van der Waals surface area contributed by atoms with Crippen LogP contribution in [0.15, 0.2) is 66.0 Å². The van der Waals surface area contributed by atoms with Gasteiger partial charge in [0.15, 0.2) is 0 Å². The molecule has 130 valence electrons. The molecular weight excluding hydrogens is 330 g/mol. The Morgan fingerprint density at radius 1 is 1.23 bits per heavy atom. The summed E-state index contributed by atoms with van der Waals surface area (Å²) in [6.45, 7) is 2.14. The summed E-state index contributed by atoms with van der Waals surface area (Å²) in [7, 11) is 0. The first-order valence-electron chi connectivity index (χ1n) is 8.30. The van der Waals surface area contributed by atoms with Crippen LogP contribution in [0.3, 0.4) is 0 Å². The third kappa shape index (κ3) is 2.95. The lowest BCUT2D eigenvalue weighted by Gasteiger charge is -2.15. The molecule has 0 saturated heterocycles. The van der Waals surface area contributed by atoms with Crippen molar-refractivity contribution in [1.29, 1.82) is 0 Å². The number of hydrogen-bond donors (Lipinski definition) is 1. The molecule has 3 heterocycles. The van der Waals surface area contributed by atoms with Crippen molar-refractivity contribution in [1.82, 2.24) is 24.5 Å². The molecule has 0 spiro atoms. The number of carbonyl (C=O) groups is 1. The highest BCUT2D eigenvalue weighted by Crippen LogP contribution is 2.08. The fourth-order valence-corrected chi connectivity index (χ4v) is 2.92. The van der Waals surface area contributed by atoms with Crippen LogP contribution in [0.5, 0.6) is 0 Å². The van der Waals surface area contributed by atoms with Gasteiger partial charge in [0.1, 0.15) is 5.65 Å². The van der Waals surface area contributed by atoms with Gasteiger partial charge in [0, 0.05) is 35.6 Å². The van der Waals surface area contributed by atoms with Crippen LogP contribution in [0.25, 0.3) is 16.4 Å². The van der Waals surface area contributed by atoms with Crippen LogP contribution >= 0.6 is 0 Å². The first-order chi connectivity index (χ1) is 12.6. The van der Waals surface area contributed by atoms with Gasteiger partial charge in [0.25, 0.3) is 11.5 Å². The summed E-state index contributed by atoms with van der Waals surface area (Å²) in [5, 5.41) is 8.52. The molecule has 0 unspecified atom stereocenters. The van der Waals surface area contributed by atoms with E-state index in [1.807, 2.05) is 35.7 Å². The van der Waals surface area contributed by atoms with Crippen LogP contribution in [0.2, 0.25) is 0 Å². The second kappa shape index (κ2) is 6.44. The summed E-state index contributed by atoms with van der Waals surface area (Å²) in [4.78, 5) is 29.1. The minimum atomic E-state index is -0.259. The number of fused-ring (bicyclic) bond motifs is 2. The van der Waals surface area contributed by atoms with Crippen LogP contribution < -0.4 is 10.9 Å². The van der Waals surface area contributed by atoms with Crippen molar-refractivity contribution in [3.8, 4) is 0 Å². The van der Waals surface area contributed by atoms with Crippen LogP contribution in [0.4, 0.5) is 0 Å². The third-order valence-corrected chi connectivity index (χ3v) is 4.25. The number of nitrogens with one attached hydrogen (secondary N) is 1. The third-order valence-electron chi connectivity index (χ3n) is 4.25. The van der Waals surface area contributed by atoms with E-state index in [0.717, 1.165) is 5.39 Å². The van der Waals surface area contributed by atoms with Crippen LogP contribution in [0.1, 0.15) is 17.3 Å². The topological polar surface area (TPSA) is 81.3 Å². The normalized spacial score (nSPS) is 12.3. The lowest BCUT2D eigenvalue weighted by atomic mass is 10.2. The largest absolute Gasteiger partial charge is 0.348 e. The SMILES string of the molecule is C[C@@H](Cn1ncc2ccccc2c1=O)NC(=O)c1ccn2ccnc2c1. The van der Waals surface area contributed by atoms with E-state index in [-0.39, 0.29) is 17.5 Å². The Morgan fingerprint density at radius 2 is 2.08 bits per heavy atom. The van der Waals surface area contributed by atoms with Gasteiger partial charge in [-0.05, 0) is 25.1 Å². The maximum absolute atomic E-state index is 12.5. The van der Waals surface area contributed by atoms with Crippen molar-refractivity contribution >= 4 is 22.3 Å². The van der Waals surface area contributed by atoms with Crippen LogP contribution in [-0.4, -0.2) is 31.1 Å². The number of imidazole rings is 1. The van der Waals surface area contributed by atoms with E-state index in [4.69, 9.17) is 0 Å². The molecule has 1 atom stereocenters. The van der Waals surface area contributed by atoms with Gasteiger partial charge in [-0.2, -0.15) is 5.10 Å². The standard InChI is InChI=1S/C19H17N5O2/c1-13(12-24-19(26)16-5-3-2-4-15(16)11-21-24)22-18(25)14-6-8-23-9-7-20-17(23)10-14/h2-11,13H,12H2,1H3,(H,22,25)/t13-/m0/s1. The van der Waals surface area contributed by atoms with E-state index < -0.39 is 0 Å². The Balaban J connectivity index is 1.51. The predicted molar refractivity (Wildman–Crippen MR) is 98.1 cm³/mol. The summed E-state index contributed by atoms with van der Waals surface area (Å²) in [5.74, 6) is -0.211. The molecule has 1 N–H and O–H groups in total. The minimum Gasteiger partial charge on any atom is -0.348 e. The zero-order valence-corrected chi connectivity index (χ0v) is 14.2. The lowest BCUT2D eigenvalue weighted by Crippen LogP contribution is -2.39. The first kappa shape index (κ1) is 16.0. The maximum atomic E-state index is 12.5. The number of pyridine rings is 1. The van der Waals surface area contributed by atoms with Gasteiger partial charge in [-0.25, -0.2) is 9.67 Å². The molecule has 26 heavy (non-hydrogen) atoms. The highest BCUT2D eigenvalue weighted by Gasteiger charge is 2.13. The Bertz CT molecular complexity index is 1160. The molecule has 0 aliphatic carbocycles. The number of aromatic nitrogens is 4. The average molecular weight is 347 g/mol. The van der Waals surface area contributed by atoms with Crippen LogP contribution in [-0.2, 0) is 6.54 Å². The summed E-state index contributed by atoms with van der Waals surface area (Å²) >= 11 is 0. The zero-order chi connectivity index (χ0) is 18.1. The predicted octanol–water partition coefficient (Wildman–Crippen LogP) is 1.86. The van der Waals surface area contributed by atoms with Gasteiger partial charge in [-0.3, -0.25) is 9.59 Å². The van der Waals surface area contributed by atoms with Crippen LogP contribution in [0, 0.1) is 0 Å². The average Bonchev–Trinajstić information content (AvgIpc) is 3.12. The molecule has 0 saturated carbocycles.